The van der Waals surface area contributed by atoms with Crippen LogP contribution in [0.15, 0.2) is 0 Å². The molecule has 0 aromatic carbocycles. The molecule has 0 aliphatic carbocycles. The van der Waals surface area contributed by atoms with Gasteiger partial charge < -0.3 is 28.1 Å². The minimum atomic E-state index is -0.00652. The summed E-state index contributed by atoms with van der Waals surface area (Å²) in [6.07, 6.45) is 23.8. The molecule has 1 rings (SSSR count). The van der Waals surface area contributed by atoms with Crippen molar-refractivity contribution in [3.63, 3.8) is 0 Å². The van der Waals surface area contributed by atoms with Crippen molar-refractivity contribution >= 4 is 9.03 Å². The second kappa shape index (κ2) is 26.8. The number of aliphatic hydroxyl groups is 1. The SMILES string of the molecule is CCCCCCCCCCCCCCCCCCOCC(COPOC1CC[N+](C)(C)C1)OC.CO. The van der Waals surface area contributed by atoms with E-state index in [2.05, 4.69) is 21.0 Å². The van der Waals surface area contributed by atoms with Gasteiger partial charge in [-0.3, -0.25) is 0 Å². The first kappa shape index (κ1) is 36.2. The van der Waals surface area contributed by atoms with Crippen LogP contribution in [0.3, 0.4) is 0 Å². The highest BCUT2D eigenvalue weighted by atomic mass is 31.1. The van der Waals surface area contributed by atoms with E-state index in [0.717, 1.165) is 37.6 Å². The van der Waals surface area contributed by atoms with E-state index in [4.69, 9.17) is 23.6 Å². The molecule has 1 aliphatic rings. The molecule has 3 atom stereocenters. The van der Waals surface area contributed by atoms with E-state index in [0.29, 0.717) is 19.3 Å². The van der Waals surface area contributed by atoms with Gasteiger partial charge in [-0.15, -0.1) is 0 Å². The van der Waals surface area contributed by atoms with Gasteiger partial charge in [-0.05, 0) is 6.42 Å². The maximum atomic E-state index is 7.00. The number of nitrogens with zero attached hydrogens (tertiary/aromatic N) is 1. The van der Waals surface area contributed by atoms with Crippen LogP contribution in [-0.4, -0.2) is 83.0 Å². The average molecular weight is 537 g/mol. The highest BCUT2D eigenvalue weighted by Crippen LogP contribution is 2.25. The van der Waals surface area contributed by atoms with Crippen LogP contribution >= 0.6 is 9.03 Å². The van der Waals surface area contributed by atoms with Gasteiger partial charge in [-0.1, -0.05) is 103 Å². The van der Waals surface area contributed by atoms with E-state index in [1.54, 1.807) is 7.11 Å². The lowest BCUT2D eigenvalue weighted by molar-refractivity contribution is -0.879. The third kappa shape index (κ3) is 23.3. The van der Waals surface area contributed by atoms with Crippen LogP contribution in [-0.2, 0) is 18.5 Å². The zero-order valence-electron chi connectivity index (χ0n) is 24.7. The summed E-state index contributed by atoms with van der Waals surface area (Å²) in [4.78, 5) is 0. The molecular weight excluding hydrogens is 473 g/mol. The van der Waals surface area contributed by atoms with E-state index in [9.17, 15) is 0 Å². The Morgan fingerprint density at radius 3 is 1.72 bits per heavy atom. The number of quaternary nitrogens is 1. The summed E-state index contributed by atoms with van der Waals surface area (Å²) in [6.45, 7) is 6.52. The summed E-state index contributed by atoms with van der Waals surface area (Å²) >= 11 is 0. The number of likely N-dealkylation sites (N-methyl/N-ethyl adjacent to an activating group) is 1. The standard InChI is InChI=1S/C28H59NO4P.CH4O/c1-5-6-7-8-9-10-11-12-13-14-15-16-17-18-19-20-23-31-25-28(30-4)26-32-34-33-27-21-22-29(2,3)24-27;1-2/h27-28,34H,5-26H2,1-4H3;2H,1H3/q+1;. The van der Waals surface area contributed by atoms with Gasteiger partial charge in [0.1, 0.15) is 18.8 Å². The molecule has 7 heteroatoms. The fourth-order valence-corrected chi connectivity index (χ4v) is 5.35. The number of methoxy groups -OCH3 is 1. The predicted octanol–water partition coefficient (Wildman–Crippen LogP) is 7.28. The van der Waals surface area contributed by atoms with Crippen LogP contribution in [0.1, 0.15) is 116 Å². The first-order valence-electron chi connectivity index (χ1n) is 15.0. The Balaban J connectivity index is 0.00000596. The molecule has 36 heavy (non-hydrogen) atoms. The first-order valence-corrected chi connectivity index (χ1v) is 15.8. The summed E-state index contributed by atoms with van der Waals surface area (Å²) in [6, 6.07) is 0. The first-order chi connectivity index (χ1) is 17.6. The van der Waals surface area contributed by atoms with Gasteiger partial charge in [0.25, 0.3) is 0 Å². The third-order valence-electron chi connectivity index (χ3n) is 7.08. The third-order valence-corrected chi connectivity index (χ3v) is 7.79. The zero-order chi connectivity index (χ0) is 26.7. The molecule has 1 saturated heterocycles. The maximum Gasteiger partial charge on any atom is 0.155 e. The van der Waals surface area contributed by atoms with E-state index >= 15 is 0 Å². The van der Waals surface area contributed by atoms with Crippen LogP contribution < -0.4 is 0 Å². The Kier molecular flexibility index (Phi) is 26.9. The highest BCUT2D eigenvalue weighted by Gasteiger charge is 2.31. The molecule has 1 aliphatic heterocycles. The van der Waals surface area contributed by atoms with Gasteiger partial charge in [0.05, 0.1) is 33.9 Å². The van der Waals surface area contributed by atoms with Crippen LogP contribution in [0.2, 0.25) is 0 Å². The number of hydrogen-bond acceptors (Lipinski definition) is 5. The molecule has 0 aromatic rings. The van der Waals surface area contributed by atoms with Gasteiger partial charge in [-0.2, -0.15) is 0 Å². The van der Waals surface area contributed by atoms with Crippen molar-refractivity contribution in [1.82, 2.24) is 0 Å². The lowest BCUT2D eigenvalue weighted by Gasteiger charge is -2.23. The summed E-state index contributed by atoms with van der Waals surface area (Å²) in [7, 11) is 7.34. The molecule has 0 amide bonds. The number of unbranched alkanes of at least 4 members (excludes halogenated alkanes) is 15. The van der Waals surface area contributed by atoms with Crippen molar-refractivity contribution in [2.75, 3.05) is 61.2 Å². The van der Waals surface area contributed by atoms with Crippen molar-refractivity contribution in [2.24, 2.45) is 0 Å². The van der Waals surface area contributed by atoms with E-state index in [1.807, 2.05) is 0 Å². The molecule has 0 radical (unpaired) electrons. The molecule has 0 saturated carbocycles. The topological polar surface area (TPSA) is 57.2 Å². The summed E-state index contributed by atoms with van der Waals surface area (Å²) in [5.74, 6) is 0. The minimum Gasteiger partial charge on any atom is -0.400 e. The molecule has 218 valence electrons. The quantitative estimate of drug-likeness (QED) is 0.0755. The average Bonchev–Trinajstić information content (AvgIpc) is 3.24. The Bertz CT molecular complexity index is 442. The van der Waals surface area contributed by atoms with Gasteiger partial charge in [-0.25, -0.2) is 0 Å². The zero-order valence-corrected chi connectivity index (χ0v) is 25.7. The monoisotopic (exact) mass is 536 g/mol. The van der Waals surface area contributed by atoms with Crippen molar-refractivity contribution < 1.29 is 28.1 Å². The Labute approximate surface area is 226 Å². The van der Waals surface area contributed by atoms with Gasteiger partial charge in [0, 0.05) is 27.2 Å². The van der Waals surface area contributed by atoms with Gasteiger partial charge in [0.2, 0.25) is 0 Å². The van der Waals surface area contributed by atoms with E-state index in [1.165, 1.54) is 103 Å². The second-order valence-electron chi connectivity index (χ2n) is 11.0. The maximum absolute atomic E-state index is 7.00. The van der Waals surface area contributed by atoms with Crippen molar-refractivity contribution in [3.05, 3.63) is 0 Å². The van der Waals surface area contributed by atoms with Gasteiger partial charge >= 0.3 is 0 Å². The number of rotatable bonds is 25. The number of hydrogen-bond donors (Lipinski definition) is 1. The number of ether oxygens (including phenoxy) is 2. The predicted molar refractivity (Wildman–Crippen MR) is 155 cm³/mol. The Hall–Kier alpha value is 0.190. The lowest BCUT2D eigenvalue weighted by Crippen LogP contribution is -2.37. The van der Waals surface area contributed by atoms with Crippen molar-refractivity contribution in [2.45, 2.75) is 128 Å². The molecule has 0 bridgehead atoms. The van der Waals surface area contributed by atoms with Crippen LogP contribution in [0.4, 0.5) is 0 Å². The molecule has 3 unspecified atom stereocenters. The van der Waals surface area contributed by atoms with Gasteiger partial charge in [0.15, 0.2) is 9.03 Å². The fraction of sp³-hybridized carbons (Fsp3) is 1.00. The molecule has 1 heterocycles. The number of aliphatic hydroxyl groups excluding tert-OH is 1. The normalized spacial score (nSPS) is 18.0. The largest absolute Gasteiger partial charge is 0.400 e. The van der Waals surface area contributed by atoms with Crippen LogP contribution in [0.25, 0.3) is 0 Å². The van der Waals surface area contributed by atoms with E-state index in [-0.39, 0.29) is 15.1 Å². The second-order valence-corrected chi connectivity index (χ2v) is 11.7. The van der Waals surface area contributed by atoms with Crippen LogP contribution in [0, 0.1) is 0 Å². The lowest BCUT2D eigenvalue weighted by atomic mass is 10.0. The Morgan fingerprint density at radius 2 is 1.28 bits per heavy atom. The minimum absolute atomic E-state index is 0.00652. The molecule has 1 fully saturated rings. The summed E-state index contributed by atoms with van der Waals surface area (Å²) in [5, 5.41) is 7.00. The van der Waals surface area contributed by atoms with Crippen LogP contribution in [0.5, 0.6) is 0 Å². The molecule has 0 aromatic heterocycles. The highest BCUT2D eigenvalue weighted by molar-refractivity contribution is 7.26. The van der Waals surface area contributed by atoms with Crippen molar-refractivity contribution in [1.29, 1.82) is 0 Å². The molecular formula is C29H63NO5P+. The fourth-order valence-electron chi connectivity index (χ4n) is 4.70. The number of likely N-dealkylation sites (tertiary alicyclic amines) is 1. The molecule has 1 N–H and O–H groups in total. The molecule has 0 spiro atoms. The Morgan fingerprint density at radius 1 is 0.778 bits per heavy atom. The smallest absolute Gasteiger partial charge is 0.155 e. The van der Waals surface area contributed by atoms with Crippen molar-refractivity contribution in [3.8, 4) is 0 Å². The summed E-state index contributed by atoms with van der Waals surface area (Å²) < 4.78 is 23.9. The molecule has 6 nitrogen and oxygen atoms in total. The summed E-state index contributed by atoms with van der Waals surface area (Å²) in [5.41, 5.74) is 0. The van der Waals surface area contributed by atoms with E-state index < -0.39 is 0 Å².